The van der Waals surface area contributed by atoms with Gasteiger partial charge in [0.05, 0.1) is 18.9 Å². The van der Waals surface area contributed by atoms with E-state index in [1.807, 2.05) is 0 Å². The Kier molecular flexibility index (Phi) is 5.24. The van der Waals surface area contributed by atoms with E-state index < -0.39 is 6.10 Å². The summed E-state index contributed by atoms with van der Waals surface area (Å²) in [5.41, 5.74) is 2.25. The zero-order chi connectivity index (χ0) is 14.5. The van der Waals surface area contributed by atoms with Gasteiger partial charge in [-0.25, -0.2) is 0 Å². The van der Waals surface area contributed by atoms with Crippen molar-refractivity contribution in [2.24, 2.45) is 5.16 Å². The van der Waals surface area contributed by atoms with E-state index >= 15 is 0 Å². The first kappa shape index (κ1) is 15.0. The molecule has 5 nitrogen and oxygen atoms in total. The molecule has 21 heavy (non-hydrogen) atoms. The number of fused-ring (bicyclic) bond motifs is 1. The molecule has 1 saturated heterocycles. The molecule has 1 aliphatic heterocycles. The highest BCUT2D eigenvalue weighted by Crippen LogP contribution is 2.26. The maximum atomic E-state index is 10.0. The molecule has 0 aromatic carbocycles. The van der Waals surface area contributed by atoms with Crippen molar-refractivity contribution < 1.29 is 14.7 Å². The first-order valence-corrected chi connectivity index (χ1v) is 8.44. The molecular formula is C15H22N2O3S. The summed E-state index contributed by atoms with van der Waals surface area (Å²) in [6.07, 6.45) is 2.74. The highest BCUT2D eigenvalue weighted by Gasteiger charge is 2.18. The van der Waals surface area contributed by atoms with Gasteiger partial charge in [0.25, 0.3) is 0 Å². The predicted molar refractivity (Wildman–Crippen MR) is 83.0 cm³/mol. The van der Waals surface area contributed by atoms with Gasteiger partial charge in [0.1, 0.15) is 12.7 Å². The summed E-state index contributed by atoms with van der Waals surface area (Å²) in [5, 5.41) is 16.4. The molecule has 2 heterocycles. The van der Waals surface area contributed by atoms with Crippen LogP contribution in [0.1, 0.15) is 23.3 Å². The van der Waals surface area contributed by atoms with Gasteiger partial charge < -0.3 is 14.7 Å². The minimum Gasteiger partial charge on any atom is -0.393 e. The summed E-state index contributed by atoms with van der Waals surface area (Å²) in [4.78, 5) is 8.98. The van der Waals surface area contributed by atoms with Crippen LogP contribution in [0.3, 0.4) is 0 Å². The predicted octanol–water partition coefficient (Wildman–Crippen LogP) is 1.50. The molecule has 6 heteroatoms. The molecular weight excluding hydrogens is 288 g/mol. The number of oxime groups is 1. The molecule has 0 spiro atoms. The number of morpholine rings is 1. The van der Waals surface area contributed by atoms with Gasteiger partial charge in [-0.1, -0.05) is 5.16 Å². The van der Waals surface area contributed by atoms with Crippen LogP contribution in [-0.4, -0.2) is 61.3 Å². The lowest BCUT2D eigenvalue weighted by Gasteiger charge is -2.28. The number of β-amino-alcohol motifs (C(OH)–C–C–N with tert-alkyl or cyclic N) is 1. The summed E-state index contributed by atoms with van der Waals surface area (Å²) < 4.78 is 5.29. The van der Waals surface area contributed by atoms with Gasteiger partial charge >= 0.3 is 0 Å². The smallest absolute Gasteiger partial charge is 0.144 e. The average Bonchev–Trinajstić information content (AvgIpc) is 2.97. The Labute approximate surface area is 129 Å². The number of aryl methyl sites for hydroxylation is 1. The molecule has 0 saturated carbocycles. The summed E-state index contributed by atoms with van der Waals surface area (Å²) in [6.45, 7) is 4.12. The van der Waals surface area contributed by atoms with Crippen LogP contribution < -0.4 is 0 Å². The summed E-state index contributed by atoms with van der Waals surface area (Å²) in [7, 11) is 0. The quantitative estimate of drug-likeness (QED) is 0.838. The van der Waals surface area contributed by atoms with E-state index in [0.29, 0.717) is 6.54 Å². The van der Waals surface area contributed by atoms with E-state index in [4.69, 9.17) is 9.57 Å². The standard InChI is InChI=1S/C15H22N2O3S/c18-12(10-17-5-7-19-8-6-17)11-20-16-14-2-1-3-15-13(14)4-9-21-15/h4,9,12,18H,1-3,5-8,10-11H2. The van der Waals surface area contributed by atoms with Crippen LogP contribution in [0, 0.1) is 0 Å². The van der Waals surface area contributed by atoms with Gasteiger partial charge in [-0.3, -0.25) is 4.90 Å². The van der Waals surface area contributed by atoms with E-state index in [2.05, 4.69) is 21.5 Å². The van der Waals surface area contributed by atoms with E-state index in [-0.39, 0.29) is 6.61 Å². The zero-order valence-corrected chi connectivity index (χ0v) is 13.0. The molecule has 0 radical (unpaired) electrons. The van der Waals surface area contributed by atoms with Crippen molar-refractivity contribution in [3.8, 4) is 0 Å². The lowest BCUT2D eigenvalue weighted by Crippen LogP contribution is -2.42. The zero-order valence-electron chi connectivity index (χ0n) is 12.2. The van der Waals surface area contributed by atoms with Gasteiger partial charge in [0.2, 0.25) is 0 Å². The number of rotatable bonds is 5. The molecule has 0 bridgehead atoms. The number of hydrogen-bond acceptors (Lipinski definition) is 6. The molecule has 1 atom stereocenters. The minimum absolute atomic E-state index is 0.250. The van der Waals surface area contributed by atoms with E-state index in [1.54, 1.807) is 11.3 Å². The van der Waals surface area contributed by atoms with Crippen molar-refractivity contribution in [1.82, 2.24) is 4.90 Å². The van der Waals surface area contributed by atoms with Gasteiger partial charge in [-0.05, 0) is 30.7 Å². The highest BCUT2D eigenvalue weighted by molar-refractivity contribution is 7.10. The number of ether oxygens (including phenoxy) is 1. The second-order valence-corrected chi connectivity index (χ2v) is 6.51. The second-order valence-electron chi connectivity index (χ2n) is 5.51. The fourth-order valence-corrected chi connectivity index (χ4v) is 3.72. The lowest BCUT2D eigenvalue weighted by atomic mass is 9.97. The first-order valence-electron chi connectivity index (χ1n) is 7.56. The van der Waals surface area contributed by atoms with Crippen molar-refractivity contribution in [3.63, 3.8) is 0 Å². The Morgan fingerprint density at radius 2 is 2.24 bits per heavy atom. The number of aliphatic hydroxyl groups excluding tert-OH is 1. The Morgan fingerprint density at radius 3 is 3.10 bits per heavy atom. The number of thiophene rings is 1. The largest absolute Gasteiger partial charge is 0.393 e. The van der Waals surface area contributed by atoms with Crippen LogP contribution >= 0.6 is 11.3 Å². The minimum atomic E-state index is -0.502. The Balaban J connectivity index is 1.46. The molecule has 116 valence electrons. The fourth-order valence-electron chi connectivity index (χ4n) is 2.77. The van der Waals surface area contributed by atoms with Gasteiger partial charge in [-0.2, -0.15) is 0 Å². The van der Waals surface area contributed by atoms with Crippen LogP contribution in [0.15, 0.2) is 16.6 Å². The van der Waals surface area contributed by atoms with Crippen molar-refractivity contribution in [3.05, 3.63) is 21.9 Å². The molecule has 1 aromatic heterocycles. The number of hydrogen-bond donors (Lipinski definition) is 1. The van der Waals surface area contributed by atoms with Gasteiger partial charge in [0.15, 0.2) is 0 Å². The third kappa shape index (κ3) is 4.03. The fraction of sp³-hybridized carbons (Fsp3) is 0.667. The van der Waals surface area contributed by atoms with Crippen molar-refractivity contribution >= 4 is 17.0 Å². The van der Waals surface area contributed by atoms with Crippen LogP contribution in [0.2, 0.25) is 0 Å². The van der Waals surface area contributed by atoms with Crippen LogP contribution in [0.5, 0.6) is 0 Å². The second kappa shape index (κ2) is 7.35. The molecule has 2 aliphatic rings. The Morgan fingerprint density at radius 1 is 1.38 bits per heavy atom. The maximum absolute atomic E-state index is 10.0. The molecule has 1 N–H and O–H groups in total. The molecule has 1 unspecified atom stereocenters. The first-order chi connectivity index (χ1) is 10.3. The van der Waals surface area contributed by atoms with Crippen molar-refractivity contribution in [2.75, 3.05) is 39.5 Å². The van der Waals surface area contributed by atoms with Crippen LogP contribution in [-0.2, 0) is 16.0 Å². The summed E-state index contributed by atoms with van der Waals surface area (Å²) in [5.74, 6) is 0. The summed E-state index contributed by atoms with van der Waals surface area (Å²) in [6, 6.07) is 2.12. The van der Waals surface area contributed by atoms with Gasteiger partial charge in [-0.15, -0.1) is 11.3 Å². The SMILES string of the molecule is OC(CON=C1CCCc2sccc21)CN1CCOCC1. The van der Waals surface area contributed by atoms with Gasteiger partial charge in [0, 0.05) is 30.1 Å². The molecule has 1 aliphatic carbocycles. The third-order valence-electron chi connectivity index (χ3n) is 3.89. The Hall–Kier alpha value is -0.950. The van der Waals surface area contributed by atoms with Crippen molar-refractivity contribution in [1.29, 1.82) is 0 Å². The summed E-state index contributed by atoms with van der Waals surface area (Å²) >= 11 is 1.79. The maximum Gasteiger partial charge on any atom is 0.144 e. The lowest BCUT2D eigenvalue weighted by molar-refractivity contribution is -0.0131. The molecule has 1 aromatic rings. The van der Waals surface area contributed by atoms with Crippen LogP contribution in [0.25, 0.3) is 0 Å². The Bertz CT molecular complexity index is 483. The molecule has 3 rings (SSSR count). The molecule has 0 amide bonds. The van der Waals surface area contributed by atoms with Crippen LogP contribution in [0.4, 0.5) is 0 Å². The normalized spacial score (nSPS) is 23.0. The topological polar surface area (TPSA) is 54.3 Å². The monoisotopic (exact) mass is 310 g/mol. The van der Waals surface area contributed by atoms with E-state index in [1.165, 1.54) is 10.4 Å². The average molecular weight is 310 g/mol. The number of aliphatic hydroxyl groups is 1. The third-order valence-corrected chi connectivity index (χ3v) is 4.87. The van der Waals surface area contributed by atoms with Crippen molar-refractivity contribution in [2.45, 2.75) is 25.4 Å². The molecule has 1 fully saturated rings. The van der Waals surface area contributed by atoms with E-state index in [0.717, 1.165) is 51.3 Å². The highest BCUT2D eigenvalue weighted by atomic mass is 32.1. The van der Waals surface area contributed by atoms with E-state index in [9.17, 15) is 5.11 Å². The number of nitrogens with zero attached hydrogens (tertiary/aromatic N) is 2.